The molecule has 5 rings (SSSR count). The molecule has 39 heavy (non-hydrogen) atoms. The maximum Gasteiger partial charge on any atom is 0.254 e. The second kappa shape index (κ2) is 12.1. The Labute approximate surface area is 233 Å². The van der Waals surface area contributed by atoms with Gasteiger partial charge in [-0.3, -0.25) is 9.59 Å². The molecule has 1 fully saturated rings. The van der Waals surface area contributed by atoms with Crippen molar-refractivity contribution in [1.82, 2.24) is 20.0 Å². The Balaban J connectivity index is 1.25. The molecule has 0 saturated carbocycles. The first-order valence-corrected chi connectivity index (χ1v) is 13.4. The Kier molecular flexibility index (Phi) is 8.18. The van der Waals surface area contributed by atoms with Gasteiger partial charge < -0.3 is 14.7 Å². The zero-order chi connectivity index (χ0) is 27.2. The van der Waals surface area contributed by atoms with E-state index in [-0.39, 0.29) is 24.4 Å². The number of carbonyl (C=O) groups excluding carboxylic acids is 2. The van der Waals surface area contributed by atoms with Gasteiger partial charge in [0.25, 0.3) is 5.91 Å². The maximum atomic E-state index is 13.5. The highest BCUT2D eigenvalue weighted by atomic mass is 35.5. The van der Waals surface area contributed by atoms with Crippen LogP contribution in [0, 0.1) is 0 Å². The lowest BCUT2D eigenvalue weighted by Gasteiger charge is -2.37. The molecule has 0 spiro atoms. The number of rotatable bonds is 7. The Morgan fingerprint density at radius 2 is 1.46 bits per heavy atom. The summed E-state index contributed by atoms with van der Waals surface area (Å²) in [6, 6.07) is 30.1. The minimum Gasteiger partial charge on any atom is -0.352 e. The molecule has 4 aromatic rings. The van der Waals surface area contributed by atoms with Gasteiger partial charge in [0.05, 0.1) is 11.7 Å². The van der Waals surface area contributed by atoms with E-state index in [0.717, 1.165) is 22.6 Å². The van der Waals surface area contributed by atoms with Gasteiger partial charge in [-0.15, -0.1) is 10.2 Å². The maximum absolute atomic E-state index is 13.5. The zero-order valence-electron chi connectivity index (χ0n) is 21.8. The summed E-state index contributed by atoms with van der Waals surface area (Å²) in [5, 5.41) is 9.38. The molecule has 0 aliphatic carbocycles. The molecule has 1 aromatic heterocycles. The second-order valence-electron chi connectivity index (χ2n) is 9.54. The Morgan fingerprint density at radius 3 is 2.08 bits per heavy atom. The molecule has 2 heterocycles. The minimum absolute atomic E-state index is 0.0108. The largest absolute Gasteiger partial charge is 0.352 e. The summed E-state index contributed by atoms with van der Waals surface area (Å²) in [5.74, 6) is 0.507. The van der Waals surface area contributed by atoms with E-state index >= 15 is 0 Å². The zero-order valence-corrected chi connectivity index (χ0v) is 22.5. The fraction of sp³-hybridized carbons (Fsp3) is 0.226. The van der Waals surface area contributed by atoms with Gasteiger partial charge in [-0.05, 0) is 48.9 Å². The summed E-state index contributed by atoms with van der Waals surface area (Å²) in [5.41, 5.74) is 3.31. The fourth-order valence-corrected chi connectivity index (χ4v) is 4.87. The summed E-state index contributed by atoms with van der Waals surface area (Å²) >= 11 is 6.03. The first-order chi connectivity index (χ1) is 19.0. The van der Waals surface area contributed by atoms with Crippen LogP contribution in [-0.4, -0.2) is 64.5 Å². The van der Waals surface area contributed by atoms with Gasteiger partial charge in [-0.25, -0.2) is 0 Å². The molecule has 0 radical (unpaired) electrons. The normalized spacial score (nSPS) is 14.1. The van der Waals surface area contributed by atoms with Crippen LogP contribution >= 0.6 is 11.6 Å². The van der Waals surface area contributed by atoms with Gasteiger partial charge >= 0.3 is 0 Å². The van der Waals surface area contributed by atoms with Crippen molar-refractivity contribution in [2.24, 2.45) is 0 Å². The lowest BCUT2D eigenvalue weighted by atomic mass is 10.1. The molecule has 3 aromatic carbocycles. The monoisotopic (exact) mass is 539 g/mol. The lowest BCUT2D eigenvalue weighted by molar-refractivity contribution is -0.132. The molecule has 1 saturated heterocycles. The van der Waals surface area contributed by atoms with Crippen molar-refractivity contribution >= 4 is 29.2 Å². The molecule has 0 bridgehead atoms. The van der Waals surface area contributed by atoms with Crippen molar-refractivity contribution in [3.63, 3.8) is 0 Å². The van der Waals surface area contributed by atoms with E-state index in [1.54, 1.807) is 29.2 Å². The molecule has 1 atom stereocenters. The van der Waals surface area contributed by atoms with Crippen LogP contribution in [0.5, 0.6) is 0 Å². The van der Waals surface area contributed by atoms with E-state index in [9.17, 15) is 9.59 Å². The average molecular weight is 540 g/mol. The van der Waals surface area contributed by atoms with Crippen LogP contribution in [0.4, 0.5) is 5.82 Å². The summed E-state index contributed by atoms with van der Waals surface area (Å²) in [6.45, 7) is 4.32. The Morgan fingerprint density at radius 1 is 0.821 bits per heavy atom. The number of hydrogen-bond acceptors (Lipinski definition) is 5. The molecule has 0 N–H and O–H groups in total. The van der Waals surface area contributed by atoms with Crippen molar-refractivity contribution in [3.05, 3.63) is 113 Å². The van der Waals surface area contributed by atoms with Crippen LogP contribution in [0.15, 0.2) is 97.1 Å². The number of halogens is 1. The van der Waals surface area contributed by atoms with Crippen LogP contribution in [0.1, 0.15) is 28.9 Å². The minimum atomic E-state index is -0.280. The number of piperazine rings is 1. The Bertz CT molecular complexity index is 1390. The predicted molar refractivity (Wildman–Crippen MR) is 154 cm³/mol. The van der Waals surface area contributed by atoms with Crippen LogP contribution < -0.4 is 4.90 Å². The van der Waals surface area contributed by atoms with E-state index in [1.165, 1.54) is 0 Å². The number of aromatic nitrogens is 2. The lowest BCUT2D eigenvalue weighted by Crippen LogP contribution is -2.52. The highest BCUT2D eigenvalue weighted by Gasteiger charge is 2.29. The van der Waals surface area contributed by atoms with Gasteiger partial charge in [0.1, 0.15) is 6.54 Å². The molecule has 7 nitrogen and oxygen atoms in total. The topological polar surface area (TPSA) is 69.6 Å². The first-order valence-electron chi connectivity index (χ1n) is 13.0. The molecule has 1 aliphatic rings. The van der Waals surface area contributed by atoms with Gasteiger partial charge in [-0.1, -0.05) is 72.3 Å². The molecule has 2 amide bonds. The second-order valence-corrected chi connectivity index (χ2v) is 9.97. The van der Waals surface area contributed by atoms with Crippen molar-refractivity contribution in [2.75, 3.05) is 37.6 Å². The third-order valence-corrected chi connectivity index (χ3v) is 7.34. The third-order valence-electron chi connectivity index (χ3n) is 7.08. The standard InChI is InChI=1S/C31H30ClN5O2/c1-23(24-8-4-2-5-9-24)37(31(39)26-12-14-27(32)15-13-26)22-30(38)36-20-18-35(19-21-36)29-17-16-28(33-34-29)25-10-6-3-7-11-25/h2-17,23H,18-22H2,1H3/t23-/m0/s1. The van der Waals surface area contributed by atoms with E-state index in [0.29, 0.717) is 36.8 Å². The van der Waals surface area contributed by atoms with Crippen LogP contribution in [0.25, 0.3) is 11.3 Å². The third kappa shape index (κ3) is 6.26. The van der Waals surface area contributed by atoms with Crippen LogP contribution in [0.2, 0.25) is 5.02 Å². The van der Waals surface area contributed by atoms with Crippen molar-refractivity contribution in [3.8, 4) is 11.3 Å². The average Bonchev–Trinajstić information content (AvgIpc) is 3.00. The number of hydrogen-bond donors (Lipinski definition) is 0. The summed E-state index contributed by atoms with van der Waals surface area (Å²) in [4.78, 5) is 32.6. The van der Waals surface area contributed by atoms with E-state index < -0.39 is 0 Å². The molecular weight excluding hydrogens is 510 g/mol. The Hall–Kier alpha value is -4.23. The number of anilines is 1. The smallest absolute Gasteiger partial charge is 0.254 e. The number of benzene rings is 3. The predicted octanol–water partition coefficient (Wildman–Crippen LogP) is 5.35. The van der Waals surface area contributed by atoms with Gasteiger partial charge in [0.2, 0.25) is 5.91 Å². The highest BCUT2D eigenvalue weighted by Crippen LogP contribution is 2.24. The fourth-order valence-electron chi connectivity index (χ4n) is 4.74. The molecule has 0 unspecified atom stereocenters. The number of amides is 2. The van der Waals surface area contributed by atoms with Crippen molar-refractivity contribution in [1.29, 1.82) is 0 Å². The van der Waals surface area contributed by atoms with Gasteiger partial charge in [-0.2, -0.15) is 0 Å². The SMILES string of the molecule is C[C@@H](c1ccccc1)N(CC(=O)N1CCN(c2ccc(-c3ccccc3)nn2)CC1)C(=O)c1ccc(Cl)cc1. The molecular formula is C31H30ClN5O2. The summed E-state index contributed by atoms with van der Waals surface area (Å²) in [7, 11) is 0. The van der Waals surface area contributed by atoms with E-state index in [1.807, 2.05) is 84.6 Å². The molecule has 198 valence electrons. The molecule has 1 aliphatic heterocycles. The van der Waals surface area contributed by atoms with Gasteiger partial charge in [0.15, 0.2) is 5.82 Å². The van der Waals surface area contributed by atoms with Crippen molar-refractivity contribution in [2.45, 2.75) is 13.0 Å². The van der Waals surface area contributed by atoms with Crippen LogP contribution in [0.3, 0.4) is 0 Å². The molecule has 8 heteroatoms. The van der Waals surface area contributed by atoms with Crippen LogP contribution in [-0.2, 0) is 4.79 Å². The first kappa shape index (κ1) is 26.4. The number of nitrogens with zero attached hydrogens (tertiary/aromatic N) is 5. The summed E-state index contributed by atoms with van der Waals surface area (Å²) in [6.07, 6.45) is 0. The summed E-state index contributed by atoms with van der Waals surface area (Å²) < 4.78 is 0. The quantitative estimate of drug-likeness (QED) is 0.317. The van der Waals surface area contributed by atoms with Crippen molar-refractivity contribution < 1.29 is 9.59 Å². The van der Waals surface area contributed by atoms with E-state index in [2.05, 4.69) is 15.1 Å². The number of carbonyl (C=O) groups is 2. The highest BCUT2D eigenvalue weighted by molar-refractivity contribution is 6.30. The van der Waals surface area contributed by atoms with Gasteiger partial charge in [0, 0.05) is 42.3 Å². The van der Waals surface area contributed by atoms with E-state index in [4.69, 9.17) is 11.6 Å².